The van der Waals surface area contributed by atoms with Crippen LogP contribution in [0.15, 0.2) is 41.3 Å². The average Bonchev–Trinajstić information content (AvgIpc) is 2.99. The van der Waals surface area contributed by atoms with E-state index in [4.69, 9.17) is 9.88 Å². The van der Waals surface area contributed by atoms with Gasteiger partial charge in [-0.05, 0) is 43.9 Å². The van der Waals surface area contributed by atoms with Gasteiger partial charge in [0.05, 0.1) is 11.3 Å². The zero-order valence-corrected chi connectivity index (χ0v) is 14.1. The lowest BCUT2D eigenvalue weighted by atomic mass is 10.1. The number of carbonyl (C=O) groups excluding carboxylic acids is 2. The summed E-state index contributed by atoms with van der Waals surface area (Å²) in [5.74, 6) is -0.816. The summed E-state index contributed by atoms with van der Waals surface area (Å²) in [5, 5.41) is 7.55. The maximum absolute atomic E-state index is 12.1. The third-order valence-electron chi connectivity index (χ3n) is 3.65. The van der Waals surface area contributed by atoms with Crippen LogP contribution in [0.5, 0.6) is 0 Å². The van der Waals surface area contributed by atoms with Crippen molar-refractivity contribution in [3.63, 3.8) is 0 Å². The molecule has 1 amide bonds. The van der Waals surface area contributed by atoms with Crippen molar-refractivity contribution in [1.82, 2.24) is 0 Å². The number of allylic oxidation sites excluding steroid dienone is 2. The highest BCUT2D eigenvalue weighted by Crippen LogP contribution is 2.21. The summed E-state index contributed by atoms with van der Waals surface area (Å²) in [6, 6.07) is 5.54. The van der Waals surface area contributed by atoms with Crippen molar-refractivity contribution in [2.75, 3.05) is 5.32 Å². The molecule has 8 heteroatoms. The van der Waals surface area contributed by atoms with E-state index in [2.05, 4.69) is 5.32 Å². The molecule has 0 heterocycles. The van der Waals surface area contributed by atoms with E-state index in [0.717, 1.165) is 12.8 Å². The highest BCUT2D eigenvalue weighted by molar-refractivity contribution is 7.89. The Balaban J connectivity index is 1.91. The zero-order valence-electron chi connectivity index (χ0n) is 13.3. The largest absolute Gasteiger partial charge is 0.453 e. The topological polar surface area (TPSA) is 116 Å². The van der Waals surface area contributed by atoms with Gasteiger partial charge in [0, 0.05) is 5.69 Å². The minimum atomic E-state index is -3.86. The monoisotopic (exact) mass is 352 g/mol. The van der Waals surface area contributed by atoms with Gasteiger partial charge in [-0.3, -0.25) is 9.59 Å². The van der Waals surface area contributed by atoms with Crippen molar-refractivity contribution in [1.29, 1.82) is 0 Å². The van der Waals surface area contributed by atoms with E-state index in [0.29, 0.717) is 0 Å². The maximum atomic E-state index is 12.1. The van der Waals surface area contributed by atoms with Gasteiger partial charge < -0.3 is 10.1 Å². The highest BCUT2D eigenvalue weighted by atomic mass is 32.2. The van der Waals surface area contributed by atoms with E-state index >= 15 is 0 Å². The van der Waals surface area contributed by atoms with Gasteiger partial charge in [0.25, 0.3) is 5.91 Å². The first-order valence-electron chi connectivity index (χ1n) is 7.55. The number of hydrogen-bond acceptors (Lipinski definition) is 5. The van der Waals surface area contributed by atoms with E-state index in [1.54, 1.807) is 0 Å². The molecule has 0 aromatic heterocycles. The molecular formula is C16H20N2O5S. The lowest BCUT2D eigenvalue weighted by Crippen LogP contribution is -2.30. The minimum Gasteiger partial charge on any atom is -0.453 e. The van der Waals surface area contributed by atoms with Gasteiger partial charge in [-0.25, -0.2) is 13.6 Å². The summed E-state index contributed by atoms with van der Waals surface area (Å²) < 4.78 is 27.7. The normalized spacial score (nSPS) is 18.2. The van der Waals surface area contributed by atoms with Crippen LogP contribution in [0.25, 0.3) is 0 Å². The fourth-order valence-corrected chi connectivity index (χ4v) is 2.93. The molecule has 130 valence electrons. The molecule has 7 nitrogen and oxygen atoms in total. The Kier molecular flexibility index (Phi) is 5.74. The molecule has 1 aliphatic carbocycles. The number of hydrogen-bond donors (Lipinski definition) is 2. The molecule has 0 aliphatic heterocycles. The molecule has 0 saturated heterocycles. The van der Waals surface area contributed by atoms with Gasteiger partial charge in [-0.1, -0.05) is 18.2 Å². The Labute approximate surface area is 140 Å². The molecule has 0 bridgehead atoms. The quantitative estimate of drug-likeness (QED) is 0.595. The number of sulfonamides is 1. The molecule has 0 fully saturated rings. The Morgan fingerprint density at radius 1 is 1.42 bits per heavy atom. The number of primary sulfonamides is 1. The number of amides is 1. The molecule has 0 radical (unpaired) electrons. The van der Waals surface area contributed by atoms with E-state index in [-0.39, 0.29) is 22.9 Å². The van der Waals surface area contributed by atoms with Crippen LogP contribution in [-0.4, -0.2) is 26.4 Å². The van der Waals surface area contributed by atoms with Gasteiger partial charge in [0.2, 0.25) is 10.0 Å². The molecule has 0 saturated carbocycles. The second-order valence-corrected chi connectivity index (χ2v) is 7.23. The SMILES string of the molecule is C[C@@H](OC(=O)C[C@@H]1C=CCC1)C(=O)Nc1cccc(S(N)(=O)=O)c1. The number of carbonyl (C=O) groups is 2. The molecule has 0 unspecified atom stereocenters. The Hall–Kier alpha value is -2.19. The lowest BCUT2D eigenvalue weighted by molar-refractivity contribution is -0.153. The van der Waals surface area contributed by atoms with Crippen LogP contribution in [0.3, 0.4) is 0 Å². The lowest BCUT2D eigenvalue weighted by Gasteiger charge is -2.15. The first-order valence-corrected chi connectivity index (χ1v) is 9.10. The molecule has 24 heavy (non-hydrogen) atoms. The van der Waals surface area contributed by atoms with Crippen LogP contribution in [-0.2, 0) is 24.3 Å². The van der Waals surface area contributed by atoms with Crippen LogP contribution >= 0.6 is 0 Å². The number of rotatable bonds is 6. The number of nitrogens with two attached hydrogens (primary N) is 1. The zero-order chi connectivity index (χ0) is 17.7. The second-order valence-electron chi connectivity index (χ2n) is 5.66. The van der Waals surface area contributed by atoms with Crippen molar-refractivity contribution in [2.45, 2.75) is 37.2 Å². The molecule has 3 N–H and O–H groups in total. The van der Waals surface area contributed by atoms with E-state index in [1.807, 2.05) is 12.2 Å². The Morgan fingerprint density at radius 2 is 2.17 bits per heavy atom. The first kappa shape index (κ1) is 18.2. The fourth-order valence-electron chi connectivity index (χ4n) is 2.37. The van der Waals surface area contributed by atoms with Crippen LogP contribution in [0.2, 0.25) is 0 Å². The van der Waals surface area contributed by atoms with Gasteiger partial charge in [-0.15, -0.1) is 0 Å². The maximum Gasteiger partial charge on any atom is 0.307 e. The second kappa shape index (κ2) is 7.59. The van der Waals surface area contributed by atoms with Gasteiger partial charge in [0.15, 0.2) is 6.10 Å². The molecule has 1 aromatic rings. The summed E-state index contributed by atoms with van der Waals surface area (Å²) in [4.78, 5) is 23.8. The summed E-state index contributed by atoms with van der Waals surface area (Å²) in [7, 11) is -3.86. The number of esters is 1. The van der Waals surface area contributed by atoms with E-state index in [1.165, 1.54) is 31.2 Å². The summed E-state index contributed by atoms with van der Waals surface area (Å²) in [6.07, 6.45) is 5.12. The van der Waals surface area contributed by atoms with Gasteiger partial charge in [-0.2, -0.15) is 0 Å². The van der Waals surface area contributed by atoms with Crippen molar-refractivity contribution in [3.05, 3.63) is 36.4 Å². The van der Waals surface area contributed by atoms with Gasteiger partial charge in [0.1, 0.15) is 0 Å². The van der Waals surface area contributed by atoms with Crippen molar-refractivity contribution in [2.24, 2.45) is 11.1 Å². The van der Waals surface area contributed by atoms with Crippen molar-refractivity contribution in [3.8, 4) is 0 Å². The number of ether oxygens (including phenoxy) is 1. The van der Waals surface area contributed by atoms with Gasteiger partial charge >= 0.3 is 5.97 Å². The van der Waals surface area contributed by atoms with Crippen LogP contribution in [0.4, 0.5) is 5.69 Å². The smallest absolute Gasteiger partial charge is 0.307 e. The predicted octanol–water partition coefficient (Wildman–Crippen LogP) is 1.56. The number of anilines is 1. The summed E-state index contributed by atoms with van der Waals surface area (Å²) in [5.41, 5.74) is 0.258. The predicted molar refractivity (Wildman–Crippen MR) is 88.5 cm³/mol. The van der Waals surface area contributed by atoms with Crippen LogP contribution < -0.4 is 10.5 Å². The molecule has 0 spiro atoms. The first-order chi connectivity index (χ1) is 11.3. The average molecular weight is 352 g/mol. The molecular weight excluding hydrogens is 332 g/mol. The van der Waals surface area contributed by atoms with Crippen LogP contribution in [0.1, 0.15) is 26.2 Å². The third-order valence-corrected chi connectivity index (χ3v) is 4.56. The number of nitrogens with one attached hydrogen (secondary N) is 1. The molecule has 1 aromatic carbocycles. The van der Waals surface area contributed by atoms with Crippen molar-refractivity contribution < 1.29 is 22.7 Å². The Morgan fingerprint density at radius 3 is 2.79 bits per heavy atom. The minimum absolute atomic E-state index is 0.113. The van der Waals surface area contributed by atoms with Crippen molar-refractivity contribution >= 4 is 27.6 Å². The Bertz CT molecular complexity index is 757. The molecule has 2 rings (SSSR count). The van der Waals surface area contributed by atoms with E-state index in [9.17, 15) is 18.0 Å². The fraction of sp³-hybridized carbons (Fsp3) is 0.375. The standard InChI is InChI=1S/C16H20N2O5S/c1-11(23-15(19)9-12-5-2-3-6-12)16(20)18-13-7-4-8-14(10-13)24(17,21)22/h2,4-5,7-8,10-12H,3,6,9H2,1H3,(H,18,20)(H2,17,21,22)/t11-,12-/m1/s1. The number of benzene rings is 1. The summed E-state index contributed by atoms with van der Waals surface area (Å²) in [6.45, 7) is 1.46. The molecule has 2 atom stereocenters. The van der Waals surface area contributed by atoms with E-state index < -0.39 is 28.0 Å². The summed E-state index contributed by atoms with van der Waals surface area (Å²) >= 11 is 0. The highest BCUT2D eigenvalue weighted by Gasteiger charge is 2.21. The third kappa shape index (κ3) is 5.17. The van der Waals surface area contributed by atoms with Crippen LogP contribution in [0, 0.1) is 5.92 Å². The molecule has 1 aliphatic rings.